The average Bonchev–Trinajstić information content (AvgIpc) is 2.76. The van der Waals surface area contributed by atoms with E-state index in [0.717, 1.165) is 36.8 Å². The Bertz CT molecular complexity index is 899. The Morgan fingerprint density at radius 2 is 1.55 bits per heavy atom. The number of amides is 3. The molecule has 0 aliphatic rings. The lowest BCUT2D eigenvalue weighted by molar-refractivity contribution is -0.144. The zero-order chi connectivity index (χ0) is 29.1. The van der Waals surface area contributed by atoms with E-state index in [-0.39, 0.29) is 17.7 Å². The number of hydrogen-bond acceptors (Lipinski definition) is 4. The van der Waals surface area contributed by atoms with Crippen LogP contribution in [0.5, 0.6) is 0 Å². The van der Waals surface area contributed by atoms with Crippen molar-refractivity contribution in [2.24, 2.45) is 5.92 Å². The number of ether oxygens (including phenoxy) is 1. The van der Waals surface area contributed by atoms with Crippen molar-refractivity contribution in [1.82, 2.24) is 15.5 Å². The van der Waals surface area contributed by atoms with Crippen LogP contribution in [0.15, 0.2) is 24.3 Å². The predicted octanol–water partition coefficient (Wildman–Crippen LogP) is 6.69. The minimum absolute atomic E-state index is 0.203. The molecule has 1 aromatic rings. The molecule has 3 amide bonds. The van der Waals surface area contributed by atoms with Gasteiger partial charge in [0.2, 0.25) is 11.8 Å². The molecule has 38 heavy (non-hydrogen) atoms. The van der Waals surface area contributed by atoms with E-state index in [9.17, 15) is 14.4 Å². The van der Waals surface area contributed by atoms with Crippen LogP contribution in [0.25, 0.3) is 0 Å². The van der Waals surface area contributed by atoms with Gasteiger partial charge in [-0.1, -0.05) is 82.7 Å². The summed E-state index contributed by atoms with van der Waals surface area (Å²) >= 11 is 0. The van der Waals surface area contributed by atoms with Crippen molar-refractivity contribution in [1.29, 1.82) is 0 Å². The molecule has 1 aromatic carbocycles. The van der Waals surface area contributed by atoms with Gasteiger partial charge in [0.05, 0.1) is 0 Å². The normalized spacial score (nSPS) is 13.6. The number of hydrogen-bond donors (Lipinski definition) is 2. The first kappa shape index (κ1) is 33.5. The molecule has 7 heteroatoms. The van der Waals surface area contributed by atoms with Crippen molar-refractivity contribution in [2.45, 2.75) is 131 Å². The maximum atomic E-state index is 14.2. The van der Waals surface area contributed by atoms with Crippen LogP contribution in [0.4, 0.5) is 4.79 Å². The van der Waals surface area contributed by atoms with E-state index in [4.69, 9.17) is 4.74 Å². The van der Waals surface area contributed by atoms with Crippen LogP contribution in [0.3, 0.4) is 0 Å². The first-order valence-corrected chi connectivity index (χ1v) is 14.2. The van der Waals surface area contributed by atoms with Gasteiger partial charge in [-0.15, -0.1) is 0 Å². The predicted molar refractivity (Wildman–Crippen MR) is 155 cm³/mol. The second kappa shape index (κ2) is 15.1. The minimum atomic E-state index is -0.834. The maximum absolute atomic E-state index is 14.2. The Morgan fingerprint density at radius 1 is 0.947 bits per heavy atom. The lowest BCUT2D eigenvalue weighted by Gasteiger charge is -2.37. The summed E-state index contributed by atoms with van der Waals surface area (Å²) in [6.45, 7) is 19.5. The molecule has 0 saturated carbocycles. The number of aryl methyl sites for hydroxylation is 1. The molecule has 0 aliphatic carbocycles. The van der Waals surface area contributed by atoms with Gasteiger partial charge in [-0.3, -0.25) is 9.59 Å². The van der Waals surface area contributed by atoms with Crippen LogP contribution >= 0.6 is 0 Å². The Morgan fingerprint density at radius 3 is 2.08 bits per heavy atom. The van der Waals surface area contributed by atoms with E-state index in [0.29, 0.717) is 6.54 Å². The lowest BCUT2D eigenvalue weighted by Crippen LogP contribution is -2.56. The van der Waals surface area contributed by atoms with Crippen LogP contribution in [-0.4, -0.2) is 46.5 Å². The Kier molecular flexibility index (Phi) is 13.3. The molecule has 0 fully saturated rings. The number of benzene rings is 1. The fraction of sp³-hybridized carbons (Fsp3) is 0.710. The molecular formula is C31H53N3O4. The third-order valence-electron chi connectivity index (χ3n) is 6.06. The molecule has 0 aromatic heterocycles. The van der Waals surface area contributed by atoms with E-state index >= 15 is 0 Å². The summed E-state index contributed by atoms with van der Waals surface area (Å²) in [6, 6.07) is 6.09. The smallest absolute Gasteiger partial charge is 0.408 e. The van der Waals surface area contributed by atoms with Gasteiger partial charge in [0.25, 0.3) is 0 Å². The van der Waals surface area contributed by atoms with Crippen LogP contribution < -0.4 is 10.6 Å². The molecule has 2 unspecified atom stereocenters. The van der Waals surface area contributed by atoms with Gasteiger partial charge in [0, 0.05) is 12.1 Å². The summed E-state index contributed by atoms with van der Waals surface area (Å²) in [7, 11) is 0. The van der Waals surface area contributed by atoms with Crippen LogP contribution in [0, 0.1) is 12.8 Å². The van der Waals surface area contributed by atoms with Crippen molar-refractivity contribution in [3.63, 3.8) is 0 Å². The quantitative estimate of drug-likeness (QED) is 0.278. The molecular weight excluding hydrogens is 478 g/mol. The summed E-state index contributed by atoms with van der Waals surface area (Å²) in [5, 5.41) is 5.88. The highest BCUT2D eigenvalue weighted by Crippen LogP contribution is 2.26. The zero-order valence-electron chi connectivity index (χ0n) is 25.6. The van der Waals surface area contributed by atoms with Gasteiger partial charge in [0.15, 0.2) is 0 Å². The summed E-state index contributed by atoms with van der Waals surface area (Å²) < 4.78 is 5.46. The number of carbonyl (C=O) groups is 3. The van der Waals surface area contributed by atoms with Crippen molar-refractivity contribution < 1.29 is 19.1 Å². The number of rotatable bonds is 13. The van der Waals surface area contributed by atoms with E-state index < -0.39 is 29.3 Å². The van der Waals surface area contributed by atoms with Crippen molar-refractivity contribution >= 4 is 17.9 Å². The third kappa shape index (κ3) is 12.3. The molecule has 1 rings (SSSR count). The van der Waals surface area contributed by atoms with E-state index in [1.54, 1.807) is 25.7 Å². The fourth-order valence-corrected chi connectivity index (χ4v) is 4.31. The molecule has 2 N–H and O–H groups in total. The van der Waals surface area contributed by atoms with Gasteiger partial charge in [-0.2, -0.15) is 0 Å². The monoisotopic (exact) mass is 531 g/mol. The van der Waals surface area contributed by atoms with E-state index in [1.165, 1.54) is 12.8 Å². The van der Waals surface area contributed by atoms with Crippen molar-refractivity contribution in [3.8, 4) is 0 Å². The Labute approximate surface area is 231 Å². The second-order valence-electron chi connectivity index (χ2n) is 12.7. The summed E-state index contributed by atoms with van der Waals surface area (Å²) in [5.74, 6) is -0.719. The molecule has 0 radical (unpaired) electrons. The van der Waals surface area contributed by atoms with Gasteiger partial charge in [-0.25, -0.2) is 4.79 Å². The van der Waals surface area contributed by atoms with Gasteiger partial charge in [0.1, 0.15) is 17.7 Å². The molecule has 0 aliphatic heterocycles. The molecule has 0 heterocycles. The van der Waals surface area contributed by atoms with Gasteiger partial charge < -0.3 is 20.3 Å². The first-order chi connectivity index (χ1) is 17.6. The van der Waals surface area contributed by atoms with E-state index in [1.807, 2.05) is 65.8 Å². The number of nitrogens with one attached hydrogen (secondary N) is 2. The second-order valence-corrected chi connectivity index (χ2v) is 12.7. The van der Waals surface area contributed by atoms with Gasteiger partial charge in [-0.05, 0) is 66.4 Å². The average molecular weight is 532 g/mol. The molecule has 0 bridgehead atoms. The number of nitrogens with zero attached hydrogens (tertiary/aromatic N) is 1. The molecule has 216 valence electrons. The standard InChI is InChI=1S/C31H53N3O4/c1-11-12-13-14-15-16-20-34(28(36)25(22(2)3)32-29(37)38-31(8,9)10)26(27(35)33-30(5,6)7)24-19-17-18-23(4)21-24/h17-19,21-22,25-26H,11-16,20H2,1-10H3,(H,32,37)(H,33,35). The summed E-state index contributed by atoms with van der Waals surface area (Å²) in [6.07, 6.45) is 5.70. The SMILES string of the molecule is CCCCCCCCN(C(=O)C(NC(=O)OC(C)(C)C)C(C)C)C(C(=O)NC(C)(C)C)c1cccc(C)c1. The molecule has 7 nitrogen and oxygen atoms in total. The Hall–Kier alpha value is -2.57. The van der Waals surface area contributed by atoms with Crippen LogP contribution in [0.1, 0.15) is 118 Å². The topological polar surface area (TPSA) is 87.7 Å². The summed E-state index contributed by atoms with van der Waals surface area (Å²) in [4.78, 5) is 42.3. The third-order valence-corrected chi connectivity index (χ3v) is 6.06. The highest BCUT2D eigenvalue weighted by atomic mass is 16.6. The number of unbranched alkanes of at least 4 members (excludes halogenated alkanes) is 5. The van der Waals surface area contributed by atoms with Crippen LogP contribution in [-0.2, 0) is 14.3 Å². The lowest BCUT2D eigenvalue weighted by atomic mass is 9.96. The van der Waals surface area contributed by atoms with Crippen molar-refractivity contribution in [2.75, 3.05) is 6.54 Å². The summed E-state index contributed by atoms with van der Waals surface area (Å²) in [5.41, 5.74) is 0.602. The minimum Gasteiger partial charge on any atom is -0.444 e. The fourth-order valence-electron chi connectivity index (χ4n) is 4.31. The zero-order valence-corrected chi connectivity index (χ0v) is 25.6. The van der Waals surface area contributed by atoms with Crippen molar-refractivity contribution in [3.05, 3.63) is 35.4 Å². The first-order valence-electron chi connectivity index (χ1n) is 14.2. The largest absolute Gasteiger partial charge is 0.444 e. The van der Waals surface area contributed by atoms with E-state index in [2.05, 4.69) is 17.6 Å². The molecule has 0 saturated heterocycles. The highest BCUT2D eigenvalue weighted by Gasteiger charge is 2.38. The molecule has 2 atom stereocenters. The number of alkyl carbamates (subject to hydrolysis) is 1. The molecule has 0 spiro atoms. The maximum Gasteiger partial charge on any atom is 0.408 e. The van der Waals surface area contributed by atoms with Crippen LogP contribution in [0.2, 0.25) is 0 Å². The number of carbonyl (C=O) groups excluding carboxylic acids is 3. The van der Waals surface area contributed by atoms with Gasteiger partial charge >= 0.3 is 6.09 Å². The Balaban J connectivity index is 3.44. The highest BCUT2D eigenvalue weighted by molar-refractivity contribution is 5.92.